The van der Waals surface area contributed by atoms with Crippen LogP contribution in [-0.4, -0.2) is 64.7 Å². The van der Waals surface area contributed by atoms with Crippen LogP contribution >= 0.6 is 0 Å². The second kappa shape index (κ2) is 6.83. The summed E-state index contributed by atoms with van der Waals surface area (Å²) >= 11 is 0. The van der Waals surface area contributed by atoms with Crippen molar-refractivity contribution in [2.45, 2.75) is 19.0 Å². The molecule has 2 aliphatic rings. The predicted molar refractivity (Wildman–Crippen MR) is 92.0 cm³/mol. The van der Waals surface area contributed by atoms with Gasteiger partial charge in [0.1, 0.15) is 6.04 Å². The monoisotopic (exact) mass is 387 g/mol. The highest BCUT2D eigenvalue weighted by atomic mass is 16.7. The number of hydrogen-bond donors (Lipinski definition) is 1. The third-order valence-electron chi connectivity index (χ3n) is 4.58. The molecule has 3 heterocycles. The molecule has 11 heteroatoms. The number of benzene rings is 1. The molecule has 2 aliphatic heterocycles. The molecule has 1 unspecified atom stereocenters. The van der Waals surface area contributed by atoms with Crippen LogP contribution in [0, 0.1) is 0 Å². The maximum atomic E-state index is 12.1. The summed E-state index contributed by atoms with van der Waals surface area (Å²) in [5.74, 6) is 0.984. The van der Waals surface area contributed by atoms with Gasteiger partial charge in [-0.25, -0.2) is 4.79 Å². The van der Waals surface area contributed by atoms with Gasteiger partial charge in [-0.05, 0) is 18.2 Å². The summed E-state index contributed by atoms with van der Waals surface area (Å²) in [5.41, 5.74) is 0.661. The number of aromatic nitrogens is 2. The topological polar surface area (TPSA) is 127 Å². The Balaban J connectivity index is 1.35. The Morgan fingerprint density at radius 2 is 2.04 bits per heavy atom. The molecule has 2 aromatic rings. The van der Waals surface area contributed by atoms with Crippen LogP contribution in [0.4, 0.5) is 4.79 Å². The van der Waals surface area contributed by atoms with Crippen molar-refractivity contribution in [3.05, 3.63) is 24.0 Å². The molecule has 4 amide bonds. The molecule has 1 fully saturated rings. The van der Waals surface area contributed by atoms with E-state index in [0.717, 1.165) is 4.90 Å². The van der Waals surface area contributed by atoms with Crippen LogP contribution in [0.15, 0.2) is 22.7 Å². The van der Waals surface area contributed by atoms with Crippen molar-refractivity contribution in [1.29, 1.82) is 0 Å². The number of imide groups is 1. The lowest BCUT2D eigenvalue weighted by molar-refractivity contribution is -0.131. The number of urea groups is 1. The number of fused-ring (bicyclic) bond motifs is 1. The summed E-state index contributed by atoms with van der Waals surface area (Å²) < 4.78 is 15.8. The molecule has 4 rings (SSSR count). The van der Waals surface area contributed by atoms with E-state index in [2.05, 4.69) is 15.5 Å². The summed E-state index contributed by atoms with van der Waals surface area (Å²) in [6.45, 7) is 0.196. The SMILES string of the molecule is CN1C(=O)C(CC(=O)NCc2noc(-c3ccc4c(c3)OCO4)n2)N(C)C1=O. The summed E-state index contributed by atoms with van der Waals surface area (Å²) in [6.07, 6.45) is -0.141. The zero-order valence-electron chi connectivity index (χ0n) is 15.2. The Kier molecular flexibility index (Phi) is 4.34. The maximum absolute atomic E-state index is 12.1. The fourth-order valence-corrected chi connectivity index (χ4v) is 2.98. The van der Waals surface area contributed by atoms with Crippen molar-refractivity contribution < 1.29 is 28.4 Å². The number of nitrogens with one attached hydrogen (secondary N) is 1. The maximum Gasteiger partial charge on any atom is 0.326 e. The van der Waals surface area contributed by atoms with Gasteiger partial charge in [-0.2, -0.15) is 4.98 Å². The molecule has 0 saturated carbocycles. The van der Waals surface area contributed by atoms with E-state index in [4.69, 9.17) is 14.0 Å². The van der Waals surface area contributed by atoms with Gasteiger partial charge in [-0.1, -0.05) is 5.16 Å². The van der Waals surface area contributed by atoms with Gasteiger partial charge >= 0.3 is 6.03 Å². The molecule has 1 N–H and O–H groups in total. The van der Waals surface area contributed by atoms with E-state index < -0.39 is 23.9 Å². The van der Waals surface area contributed by atoms with Crippen molar-refractivity contribution in [2.24, 2.45) is 0 Å². The van der Waals surface area contributed by atoms with E-state index in [1.165, 1.54) is 19.0 Å². The van der Waals surface area contributed by atoms with Crippen LogP contribution in [0.3, 0.4) is 0 Å². The third-order valence-corrected chi connectivity index (χ3v) is 4.58. The molecule has 0 radical (unpaired) electrons. The van der Waals surface area contributed by atoms with Gasteiger partial charge in [0.05, 0.1) is 13.0 Å². The minimum Gasteiger partial charge on any atom is -0.454 e. The van der Waals surface area contributed by atoms with Gasteiger partial charge in [0.2, 0.25) is 12.7 Å². The van der Waals surface area contributed by atoms with Crippen LogP contribution in [0.2, 0.25) is 0 Å². The molecule has 0 aliphatic carbocycles. The van der Waals surface area contributed by atoms with Crippen LogP contribution in [0.5, 0.6) is 11.5 Å². The first-order valence-corrected chi connectivity index (χ1v) is 8.47. The number of likely N-dealkylation sites (N-methyl/N-ethyl adjacent to an activating group) is 2. The molecule has 1 saturated heterocycles. The van der Waals surface area contributed by atoms with E-state index >= 15 is 0 Å². The summed E-state index contributed by atoms with van der Waals surface area (Å²) in [5, 5.41) is 6.46. The molecule has 11 nitrogen and oxygen atoms in total. The summed E-state index contributed by atoms with van der Waals surface area (Å²) in [6, 6.07) is 3.99. The van der Waals surface area contributed by atoms with Gasteiger partial charge in [0, 0.05) is 19.7 Å². The average molecular weight is 387 g/mol. The fraction of sp³-hybridized carbons (Fsp3) is 0.353. The average Bonchev–Trinajstić information content (AvgIpc) is 3.39. The number of carbonyl (C=O) groups excluding carboxylic acids is 3. The minimum atomic E-state index is -0.813. The molecule has 1 atom stereocenters. The summed E-state index contributed by atoms with van der Waals surface area (Å²) in [7, 11) is 2.87. The zero-order chi connectivity index (χ0) is 19.8. The Hall–Kier alpha value is -3.63. The lowest BCUT2D eigenvalue weighted by Crippen LogP contribution is -2.37. The lowest BCUT2D eigenvalue weighted by atomic mass is 10.2. The highest BCUT2D eigenvalue weighted by Gasteiger charge is 2.41. The molecular formula is C17H17N5O6. The van der Waals surface area contributed by atoms with E-state index in [0.29, 0.717) is 17.1 Å². The Bertz CT molecular complexity index is 957. The van der Waals surface area contributed by atoms with Crippen LogP contribution in [-0.2, 0) is 16.1 Å². The van der Waals surface area contributed by atoms with Crippen LogP contribution in [0.25, 0.3) is 11.5 Å². The molecule has 28 heavy (non-hydrogen) atoms. The number of nitrogens with zero attached hydrogens (tertiary/aromatic N) is 4. The van der Waals surface area contributed by atoms with Gasteiger partial charge in [-0.15, -0.1) is 0 Å². The quantitative estimate of drug-likeness (QED) is 0.729. The minimum absolute atomic E-state index is 0.0291. The molecule has 0 spiro atoms. The molecular weight excluding hydrogens is 370 g/mol. The first-order valence-electron chi connectivity index (χ1n) is 8.47. The zero-order valence-corrected chi connectivity index (χ0v) is 15.2. The van der Waals surface area contributed by atoms with Crippen LogP contribution < -0.4 is 14.8 Å². The number of hydrogen-bond acceptors (Lipinski definition) is 8. The number of amides is 4. The van der Waals surface area contributed by atoms with Crippen molar-refractivity contribution in [3.8, 4) is 23.0 Å². The summed E-state index contributed by atoms with van der Waals surface area (Å²) in [4.78, 5) is 42.4. The largest absolute Gasteiger partial charge is 0.454 e. The van der Waals surface area contributed by atoms with Gasteiger partial charge in [0.15, 0.2) is 17.3 Å². The first-order chi connectivity index (χ1) is 13.4. The number of ether oxygens (including phenoxy) is 2. The standard InChI is InChI=1S/C17H17N5O6/c1-21-10(16(24)22(2)17(21)25)6-14(23)18-7-13-19-15(28-20-13)9-3-4-11-12(5-9)27-8-26-11/h3-5,10H,6-8H2,1-2H3,(H,18,23). The normalized spacial score (nSPS) is 18.1. The fourth-order valence-electron chi connectivity index (χ4n) is 2.98. The van der Waals surface area contributed by atoms with Gasteiger partial charge in [0.25, 0.3) is 11.8 Å². The molecule has 1 aromatic carbocycles. The third kappa shape index (κ3) is 3.10. The van der Waals surface area contributed by atoms with E-state index in [9.17, 15) is 14.4 Å². The smallest absolute Gasteiger partial charge is 0.326 e. The van der Waals surface area contributed by atoms with Crippen molar-refractivity contribution >= 4 is 17.8 Å². The van der Waals surface area contributed by atoms with Crippen LogP contribution in [0.1, 0.15) is 12.2 Å². The van der Waals surface area contributed by atoms with E-state index in [1.807, 2.05) is 0 Å². The van der Waals surface area contributed by atoms with Crippen molar-refractivity contribution in [3.63, 3.8) is 0 Å². The molecule has 146 valence electrons. The van der Waals surface area contributed by atoms with E-state index in [1.54, 1.807) is 18.2 Å². The van der Waals surface area contributed by atoms with Gasteiger partial charge in [-0.3, -0.25) is 14.5 Å². The Labute approximate surface area is 159 Å². The van der Waals surface area contributed by atoms with E-state index in [-0.39, 0.29) is 31.5 Å². The number of rotatable bonds is 5. The molecule has 1 aromatic heterocycles. The predicted octanol–water partition coefficient (Wildman–Crippen LogP) is 0.364. The van der Waals surface area contributed by atoms with Crippen molar-refractivity contribution in [1.82, 2.24) is 25.3 Å². The first kappa shape index (κ1) is 17.8. The number of carbonyl (C=O) groups is 3. The van der Waals surface area contributed by atoms with Gasteiger partial charge < -0.3 is 24.2 Å². The highest BCUT2D eigenvalue weighted by Crippen LogP contribution is 2.35. The Morgan fingerprint density at radius 1 is 1.25 bits per heavy atom. The van der Waals surface area contributed by atoms with Crippen molar-refractivity contribution in [2.75, 3.05) is 20.9 Å². The Morgan fingerprint density at radius 3 is 2.79 bits per heavy atom. The second-order valence-electron chi connectivity index (χ2n) is 6.37. The highest BCUT2D eigenvalue weighted by molar-refractivity contribution is 6.05. The lowest BCUT2D eigenvalue weighted by Gasteiger charge is -2.15. The second-order valence-corrected chi connectivity index (χ2v) is 6.37. The molecule has 0 bridgehead atoms.